The summed E-state index contributed by atoms with van der Waals surface area (Å²) in [6, 6.07) is 0. The number of ether oxygens (including phenoxy) is 4. The highest BCUT2D eigenvalue weighted by Crippen LogP contribution is 2.24. The number of hydrogen-bond acceptors (Lipinski definition) is 11. The third-order valence-corrected chi connectivity index (χ3v) is 10.4. The quantitative estimate of drug-likeness (QED) is 0.0154. The van der Waals surface area contributed by atoms with Gasteiger partial charge in [-0.15, -0.1) is 0 Å². The number of allylic oxidation sites excluding steroid dienone is 16. The normalized spacial score (nSPS) is 20.8. The number of carbonyl (C=O) groups excluding carboxylic acids is 2. The van der Waals surface area contributed by atoms with Gasteiger partial charge in [0.2, 0.25) is 0 Å². The number of rotatable bonds is 36. The first-order valence-electron chi connectivity index (χ1n) is 22.8. The van der Waals surface area contributed by atoms with Crippen molar-refractivity contribution in [1.82, 2.24) is 0 Å². The molecule has 1 aliphatic rings. The summed E-state index contributed by atoms with van der Waals surface area (Å²) in [5.74, 6) is -2.13. The Morgan fingerprint density at radius 1 is 0.581 bits per heavy atom. The maximum absolute atomic E-state index is 12.8. The van der Waals surface area contributed by atoms with E-state index in [1.54, 1.807) is 0 Å². The summed E-state index contributed by atoms with van der Waals surface area (Å²) in [4.78, 5) is 25.4. The fraction of sp³-hybridized carbons (Fsp3) is 0.633. The smallest absolute Gasteiger partial charge is 0.306 e. The second kappa shape index (κ2) is 38.1. The van der Waals surface area contributed by atoms with Crippen LogP contribution in [0.25, 0.3) is 0 Å². The minimum Gasteiger partial charge on any atom is -0.462 e. The molecule has 0 amide bonds. The summed E-state index contributed by atoms with van der Waals surface area (Å²) < 4.78 is 54.0. The molecule has 0 radical (unpaired) electrons. The van der Waals surface area contributed by atoms with E-state index in [-0.39, 0.29) is 19.4 Å². The predicted octanol–water partition coefficient (Wildman–Crippen LogP) is 9.44. The van der Waals surface area contributed by atoms with Crippen LogP contribution in [-0.2, 0) is 38.7 Å². The molecular weight excluding hydrogens is 813 g/mol. The van der Waals surface area contributed by atoms with Crippen LogP contribution >= 0.6 is 0 Å². The SMILES string of the molecule is CC/C=C/C/C=C/C/C=C/C/C=C/C/C=C/C/C=C/CCC(=O)O[C@H](COC(=O)CCCCCCC/C=C/C=C/CCCCCC)CO[C@H]1O[C@H](CS(=O)(=O)O)[C@@H](O)C(O)C1O. The highest BCUT2D eigenvalue weighted by Gasteiger charge is 2.46. The molecule has 0 bridgehead atoms. The van der Waals surface area contributed by atoms with Gasteiger partial charge in [-0.2, -0.15) is 8.42 Å². The van der Waals surface area contributed by atoms with Gasteiger partial charge in [0, 0.05) is 12.8 Å². The fourth-order valence-corrected chi connectivity index (χ4v) is 6.85. The summed E-state index contributed by atoms with van der Waals surface area (Å²) in [7, 11) is -4.62. The zero-order valence-electron chi connectivity index (χ0n) is 37.4. The van der Waals surface area contributed by atoms with Crippen molar-refractivity contribution >= 4 is 22.1 Å². The van der Waals surface area contributed by atoms with E-state index >= 15 is 0 Å². The van der Waals surface area contributed by atoms with Crippen molar-refractivity contribution in [2.75, 3.05) is 19.0 Å². The van der Waals surface area contributed by atoms with Gasteiger partial charge >= 0.3 is 11.9 Å². The molecule has 1 fully saturated rings. The highest BCUT2D eigenvalue weighted by molar-refractivity contribution is 7.85. The maximum Gasteiger partial charge on any atom is 0.306 e. The van der Waals surface area contributed by atoms with E-state index < -0.39 is 71.2 Å². The number of aliphatic hydroxyl groups is 3. The topological polar surface area (TPSA) is 186 Å². The first-order chi connectivity index (χ1) is 30.0. The number of unbranched alkanes of at least 4 members (excludes halogenated alkanes) is 9. The van der Waals surface area contributed by atoms with Crippen molar-refractivity contribution in [3.8, 4) is 0 Å². The second-order valence-electron chi connectivity index (χ2n) is 15.4. The molecule has 0 aromatic heterocycles. The average molecular weight is 891 g/mol. The standard InChI is InChI=1S/C49H78O12S/c1-3-5-7-9-11-13-15-17-19-20-21-22-24-26-28-30-32-34-36-38-45(51)60-42(40-59-49-48(54)47(53)46(52)43(61-49)41-62(55,56)57)39-58-44(50)37-35-33-31-29-27-25-23-18-16-14-12-10-8-6-4-2/h5,7,11,13-14,16-19,21-23,26,28,32,34,42-43,46-49,52-54H,3-4,6,8-10,12,15,20,24-25,27,29-31,33,35-41H2,1-2H3,(H,55,56,57)/b7-5+,13-11+,16-14+,19-17+,22-21+,23-18+,28-26+,34-32+/t42-,43-,46-,47?,48?,49+/m1/s1. The molecular formula is C49H78O12S. The van der Waals surface area contributed by atoms with Crippen LogP contribution in [0.5, 0.6) is 0 Å². The first-order valence-corrected chi connectivity index (χ1v) is 24.4. The third-order valence-electron chi connectivity index (χ3n) is 9.69. The van der Waals surface area contributed by atoms with Crippen LogP contribution in [0, 0.1) is 0 Å². The van der Waals surface area contributed by atoms with Gasteiger partial charge < -0.3 is 34.3 Å². The van der Waals surface area contributed by atoms with Gasteiger partial charge in [-0.05, 0) is 77.0 Å². The van der Waals surface area contributed by atoms with Gasteiger partial charge in [-0.1, -0.05) is 150 Å². The molecule has 1 rings (SSSR count). The predicted molar refractivity (Wildman–Crippen MR) is 247 cm³/mol. The van der Waals surface area contributed by atoms with Crippen molar-refractivity contribution in [2.24, 2.45) is 0 Å². The monoisotopic (exact) mass is 891 g/mol. The van der Waals surface area contributed by atoms with Crippen LogP contribution in [0.1, 0.15) is 142 Å². The van der Waals surface area contributed by atoms with Crippen molar-refractivity contribution in [3.63, 3.8) is 0 Å². The minimum atomic E-state index is -4.62. The Labute approximate surface area is 373 Å². The van der Waals surface area contributed by atoms with Gasteiger partial charge in [0.05, 0.1) is 6.61 Å². The number of hydrogen-bond donors (Lipinski definition) is 4. The molecule has 0 aliphatic carbocycles. The number of carbonyl (C=O) groups is 2. The largest absolute Gasteiger partial charge is 0.462 e. The van der Waals surface area contributed by atoms with Gasteiger partial charge in [0.15, 0.2) is 12.4 Å². The number of esters is 2. The Morgan fingerprint density at radius 3 is 1.65 bits per heavy atom. The molecule has 2 unspecified atom stereocenters. The summed E-state index contributed by atoms with van der Waals surface area (Å²) in [6.45, 7) is 3.53. The zero-order chi connectivity index (χ0) is 45.5. The molecule has 4 N–H and O–H groups in total. The lowest BCUT2D eigenvalue weighted by Gasteiger charge is -2.40. The van der Waals surface area contributed by atoms with E-state index in [9.17, 15) is 37.9 Å². The van der Waals surface area contributed by atoms with E-state index in [0.717, 1.165) is 70.6 Å². The molecule has 1 aliphatic heterocycles. The maximum atomic E-state index is 12.8. The lowest BCUT2D eigenvalue weighted by molar-refractivity contribution is -0.297. The summed E-state index contributed by atoms with van der Waals surface area (Å²) >= 11 is 0. The van der Waals surface area contributed by atoms with E-state index in [1.807, 2.05) is 18.2 Å². The minimum absolute atomic E-state index is 0.0299. The Hall–Kier alpha value is -3.43. The van der Waals surface area contributed by atoms with E-state index in [4.69, 9.17) is 18.9 Å². The van der Waals surface area contributed by atoms with Crippen LogP contribution in [0.3, 0.4) is 0 Å². The molecule has 0 spiro atoms. The lowest BCUT2D eigenvalue weighted by atomic mass is 10.00. The molecule has 0 saturated carbocycles. The average Bonchev–Trinajstić information content (AvgIpc) is 3.24. The molecule has 1 heterocycles. The van der Waals surface area contributed by atoms with Crippen molar-refractivity contribution in [3.05, 3.63) is 97.2 Å². The van der Waals surface area contributed by atoms with Crippen LogP contribution in [-0.4, -0.2) is 96.0 Å². The van der Waals surface area contributed by atoms with Gasteiger partial charge in [0.1, 0.15) is 36.8 Å². The molecule has 62 heavy (non-hydrogen) atoms. The molecule has 1 saturated heterocycles. The van der Waals surface area contributed by atoms with Gasteiger partial charge in [-0.25, -0.2) is 0 Å². The molecule has 6 atom stereocenters. The van der Waals surface area contributed by atoms with Crippen LogP contribution < -0.4 is 0 Å². The summed E-state index contributed by atoms with van der Waals surface area (Å²) in [6.07, 6.45) is 41.7. The number of aliphatic hydroxyl groups excluding tert-OH is 3. The molecule has 12 nitrogen and oxygen atoms in total. The van der Waals surface area contributed by atoms with E-state index in [2.05, 4.69) is 92.8 Å². The van der Waals surface area contributed by atoms with E-state index in [0.29, 0.717) is 19.3 Å². The Bertz CT molecular complexity index is 1510. The second-order valence-corrected chi connectivity index (χ2v) is 16.9. The van der Waals surface area contributed by atoms with Crippen LogP contribution in [0.15, 0.2) is 97.2 Å². The van der Waals surface area contributed by atoms with Crippen molar-refractivity contribution in [2.45, 2.75) is 179 Å². The lowest BCUT2D eigenvalue weighted by Crippen LogP contribution is -2.60. The van der Waals surface area contributed by atoms with Crippen LogP contribution in [0.4, 0.5) is 0 Å². The summed E-state index contributed by atoms with van der Waals surface area (Å²) in [5, 5.41) is 30.9. The van der Waals surface area contributed by atoms with Gasteiger partial charge in [0.25, 0.3) is 10.1 Å². The van der Waals surface area contributed by atoms with Crippen LogP contribution in [0.2, 0.25) is 0 Å². The zero-order valence-corrected chi connectivity index (χ0v) is 38.2. The Balaban J connectivity index is 2.53. The third kappa shape index (κ3) is 32.3. The molecule has 352 valence electrons. The summed E-state index contributed by atoms with van der Waals surface area (Å²) in [5.41, 5.74) is 0. The molecule has 0 aromatic carbocycles. The Morgan fingerprint density at radius 2 is 1.10 bits per heavy atom. The van der Waals surface area contributed by atoms with Gasteiger partial charge in [-0.3, -0.25) is 14.1 Å². The van der Waals surface area contributed by atoms with Crippen molar-refractivity contribution < 1.29 is 56.8 Å². The Kier molecular flexibility index (Phi) is 34.7. The first kappa shape index (κ1) is 56.6. The molecule has 13 heteroatoms. The van der Waals surface area contributed by atoms with E-state index in [1.165, 1.54) is 25.7 Å². The van der Waals surface area contributed by atoms with Crippen molar-refractivity contribution in [1.29, 1.82) is 0 Å². The highest BCUT2D eigenvalue weighted by atomic mass is 32.2. The molecule has 0 aromatic rings. The fourth-order valence-electron chi connectivity index (χ4n) is 6.16.